The molecule has 2 aromatic rings. The van der Waals surface area contributed by atoms with Crippen LogP contribution in [-0.4, -0.2) is 48.4 Å². The molecule has 1 saturated heterocycles. The molecule has 0 unspecified atom stereocenters. The fourth-order valence-electron chi connectivity index (χ4n) is 3.34. The van der Waals surface area contributed by atoms with E-state index in [0.29, 0.717) is 39.3 Å². The number of benzene rings is 2. The molecule has 1 fully saturated rings. The van der Waals surface area contributed by atoms with E-state index >= 15 is 0 Å². The minimum Gasteiger partial charge on any atom is -0.325 e. The minimum absolute atomic E-state index is 0.0675. The highest BCUT2D eigenvalue weighted by molar-refractivity contribution is 6.36. The van der Waals surface area contributed by atoms with Crippen molar-refractivity contribution in [3.8, 4) is 0 Å². The lowest BCUT2D eigenvalue weighted by molar-refractivity contribution is -0.116. The van der Waals surface area contributed by atoms with E-state index < -0.39 is 0 Å². The average Bonchev–Trinajstić information content (AvgIpc) is 2.68. The molecule has 1 aliphatic rings. The Morgan fingerprint density at radius 1 is 1.00 bits per heavy atom. The van der Waals surface area contributed by atoms with Crippen LogP contribution in [0.4, 0.5) is 10.1 Å². The molecule has 4 nitrogen and oxygen atoms in total. The zero-order valence-corrected chi connectivity index (χ0v) is 18.2. The predicted octanol–water partition coefficient (Wildman–Crippen LogP) is 5.32. The number of halogens is 4. The molecule has 1 aliphatic heterocycles. The maximum atomic E-state index is 14.0. The Balaban J connectivity index is 1.37. The standard InChI is InChI=1S/C21H23Cl3FN3O/c22-15-6-7-20(18(24)13-15)26-21(29)5-2-8-27-9-11-28(12-10-27)14-16-17(23)3-1-4-19(16)25/h1,3-4,6-7,13H,2,5,8-12,14H2,(H,26,29). The van der Waals surface area contributed by atoms with Gasteiger partial charge in [-0.1, -0.05) is 40.9 Å². The van der Waals surface area contributed by atoms with E-state index in [-0.39, 0.29) is 11.7 Å². The van der Waals surface area contributed by atoms with Gasteiger partial charge in [0, 0.05) is 54.8 Å². The van der Waals surface area contributed by atoms with Crippen LogP contribution in [0.25, 0.3) is 0 Å². The van der Waals surface area contributed by atoms with Crippen molar-refractivity contribution in [3.63, 3.8) is 0 Å². The van der Waals surface area contributed by atoms with Gasteiger partial charge in [-0.2, -0.15) is 0 Å². The smallest absolute Gasteiger partial charge is 0.224 e. The van der Waals surface area contributed by atoms with Crippen molar-refractivity contribution in [3.05, 3.63) is 62.8 Å². The van der Waals surface area contributed by atoms with E-state index in [1.165, 1.54) is 6.07 Å². The van der Waals surface area contributed by atoms with Gasteiger partial charge in [0.1, 0.15) is 5.82 Å². The second-order valence-electron chi connectivity index (χ2n) is 7.09. The monoisotopic (exact) mass is 457 g/mol. The van der Waals surface area contributed by atoms with Crippen LogP contribution in [0.5, 0.6) is 0 Å². The summed E-state index contributed by atoms with van der Waals surface area (Å²) in [6.07, 6.45) is 1.18. The molecule has 0 spiro atoms. The van der Waals surface area contributed by atoms with Crippen molar-refractivity contribution < 1.29 is 9.18 Å². The number of hydrogen-bond acceptors (Lipinski definition) is 3. The summed E-state index contributed by atoms with van der Waals surface area (Å²) in [6.45, 7) is 4.82. The molecule has 1 N–H and O–H groups in total. The molecular weight excluding hydrogens is 436 g/mol. The summed E-state index contributed by atoms with van der Waals surface area (Å²) < 4.78 is 14.0. The topological polar surface area (TPSA) is 35.6 Å². The molecular formula is C21H23Cl3FN3O. The highest BCUT2D eigenvalue weighted by Gasteiger charge is 2.19. The average molecular weight is 459 g/mol. The van der Waals surface area contributed by atoms with Crippen LogP contribution in [0.3, 0.4) is 0 Å². The fourth-order valence-corrected chi connectivity index (χ4v) is 4.02. The van der Waals surface area contributed by atoms with Gasteiger partial charge in [0.15, 0.2) is 0 Å². The number of carbonyl (C=O) groups excluding carboxylic acids is 1. The molecule has 2 aromatic carbocycles. The summed E-state index contributed by atoms with van der Waals surface area (Å²) in [5.74, 6) is -0.325. The predicted molar refractivity (Wildman–Crippen MR) is 117 cm³/mol. The van der Waals surface area contributed by atoms with Gasteiger partial charge < -0.3 is 10.2 Å². The molecule has 0 aliphatic carbocycles. The van der Waals surface area contributed by atoms with Crippen LogP contribution in [0.1, 0.15) is 18.4 Å². The van der Waals surface area contributed by atoms with Crippen molar-refractivity contribution in [2.24, 2.45) is 0 Å². The lowest BCUT2D eigenvalue weighted by atomic mass is 10.1. The zero-order valence-electron chi connectivity index (χ0n) is 15.9. The molecule has 0 radical (unpaired) electrons. The Kier molecular flexibility index (Phi) is 8.16. The van der Waals surface area contributed by atoms with Crippen LogP contribution in [0.15, 0.2) is 36.4 Å². The van der Waals surface area contributed by atoms with E-state index in [1.54, 1.807) is 30.3 Å². The van der Waals surface area contributed by atoms with Gasteiger partial charge in [0.25, 0.3) is 0 Å². The summed E-state index contributed by atoms with van der Waals surface area (Å²) in [5.41, 5.74) is 1.13. The number of anilines is 1. The Morgan fingerprint density at radius 3 is 2.41 bits per heavy atom. The maximum Gasteiger partial charge on any atom is 0.224 e. The van der Waals surface area contributed by atoms with Crippen molar-refractivity contribution in [2.75, 3.05) is 38.0 Å². The molecule has 29 heavy (non-hydrogen) atoms. The molecule has 0 bridgehead atoms. The number of nitrogens with one attached hydrogen (secondary N) is 1. The lowest BCUT2D eigenvalue weighted by Crippen LogP contribution is -2.46. The van der Waals surface area contributed by atoms with Crippen LogP contribution >= 0.6 is 34.8 Å². The molecule has 156 valence electrons. The molecule has 1 heterocycles. The fraction of sp³-hybridized carbons (Fsp3) is 0.381. The maximum absolute atomic E-state index is 14.0. The Morgan fingerprint density at radius 2 is 1.72 bits per heavy atom. The summed E-state index contributed by atoms with van der Waals surface area (Å²) in [7, 11) is 0. The van der Waals surface area contributed by atoms with E-state index in [0.717, 1.165) is 39.1 Å². The summed E-state index contributed by atoms with van der Waals surface area (Å²) in [5, 5.41) is 4.25. The van der Waals surface area contributed by atoms with E-state index in [9.17, 15) is 9.18 Å². The highest BCUT2D eigenvalue weighted by Crippen LogP contribution is 2.25. The Labute approximate surface area is 185 Å². The van der Waals surface area contributed by atoms with Crippen molar-refractivity contribution >= 4 is 46.4 Å². The third-order valence-corrected chi connectivity index (χ3v) is 5.89. The van der Waals surface area contributed by atoms with Crippen LogP contribution in [-0.2, 0) is 11.3 Å². The Bertz CT molecular complexity index is 837. The molecule has 0 aromatic heterocycles. The Hall–Kier alpha value is -1.37. The van der Waals surface area contributed by atoms with Crippen LogP contribution in [0, 0.1) is 5.82 Å². The first kappa shape index (κ1) is 22.3. The number of hydrogen-bond donors (Lipinski definition) is 1. The minimum atomic E-state index is -0.258. The summed E-state index contributed by atoms with van der Waals surface area (Å²) >= 11 is 18.1. The molecule has 8 heteroatoms. The van der Waals surface area contributed by atoms with Gasteiger partial charge in [-0.05, 0) is 43.3 Å². The molecule has 0 saturated carbocycles. The second kappa shape index (κ2) is 10.6. The number of amides is 1. The molecule has 0 atom stereocenters. The highest BCUT2D eigenvalue weighted by atomic mass is 35.5. The van der Waals surface area contributed by atoms with Crippen molar-refractivity contribution in [1.29, 1.82) is 0 Å². The van der Waals surface area contributed by atoms with Crippen LogP contribution < -0.4 is 5.32 Å². The summed E-state index contributed by atoms with van der Waals surface area (Å²) in [6, 6.07) is 9.78. The first-order valence-electron chi connectivity index (χ1n) is 9.55. The first-order chi connectivity index (χ1) is 13.9. The zero-order chi connectivity index (χ0) is 20.8. The van der Waals surface area contributed by atoms with Gasteiger partial charge in [0.2, 0.25) is 5.91 Å². The molecule has 3 rings (SSSR count). The number of piperazine rings is 1. The number of carbonyl (C=O) groups is 1. The largest absolute Gasteiger partial charge is 0.325 e. The van der Waals surface area contributed by atoms with Gasteiger partial charge in [0.05, 0.1) is 10.7 Å². The van der Waals surface area contributed by atoms with E-state index in [2.05, 4.69) is 15.1 Å². The van der Waals surface area contributed by atoms with Gasteiger partial charge in [-0.3, -0.25) is 9.69 Å². The van der Waals surface area contributed by atoms with Crippen molar-refractivity contribution in [1.82, 2.24) is 9.80 Å². The van der Waals surface area contributed by atoms with Crippen molar-refractivity contribution in [2.45, 2.75) is 19.4 Å². The molecule has 1 amide bonds. The second-order valence-corrected chi connectivity index (χ2v) is 8.34. The number of rotatable bonds is 7. The van der Waals surface area contributed by atoms with Gasteiger partial charge >= 0.3 is 0 Å². The number of nitrogens with zero attached hydrogens (tertiary/aromatic N) is 2. The summed E-state index contributed by atoms with van der Waals surface area (Å²) in [4.78, 5) is 16.7. The van der Waals surface area contributed by atoms with E-state index in [1.807, 2.05) is 0 Å². The quantitative estimate of drug-likeness (QED) is 0.610. The third-order valence-electron chi connectivity index (χ3n) is 4.99. The third kappa shape index (κ3) is 6.56. The van der Waals surface area contributed by atoms with Gasteiger partial charge in [-0.25, -0.2) is 4.39 Å². The van der Waals surface area contributed by atoms with Gasteiger partial charge in [-0.15, -0.1) is 0 Å². The van der Waals surface area contributed by atoms with Crippen LogP contribution in [0.2, 0.25) is 15.1 Å². The SMILES string of the molecule is O=C(CCCN1CCN(Cc2c(F)cccc2Cl)CC1)Nc1ccc(Cl)cc1Cl. The first-order valence-corrected chi connectivity index (χ1v) is 10.7. The normalized spacial score (nSPS) is 15.4. The van der Waals surface area contributed by atoms with E-state index in [4.69, 9.17) is 34.8 Å². The lowest BCUT2D eigenvalue weighted by Gasteiger charge is -2.34.